The Labute approximate surface area is 285 Å². The van der Waals surface area contributed by atoms with Crippen LogP contribution in [-0.2, 0) is 0 Å². The van der Waals surface area contributed by atoms with E-state index in [2.05, 4.69) is 20.8 Å². The van der Waals surface area contributed by atoms with Gasteiger partial charge in [0.15, 0.2) is 0 Å². The fourth-order valence-corrected chi connectivity index (χ4v) is 8.26. The van der Waals surface area contributed by atoms with Crippen molar-refractivity contribution >= 4 is 7.28 Å². The van der Waals surface area contributed by atoms with Crippen molar-refractivity contribution in [2.45, 2.75) is 239 Å². The van der Waals surface area contributed by atoms with Crippen LogP contribution >= 0.6 is 7.28 Å². The van der Waals surface area contributed by atoms with Gasteiger partial charge in [-0.1, -0.05) is 91.4 Å². The molecule has 0 spiro atoms. The second-order valence-electron chi connectivity index (χ2n) is 14.5. The van der Waals surface area contributed by atoms with E-state index in [4.69, 9.17) is 5.73 Å². The van der Waals surface area contributed by atoms with Crippen LogP contribution < -0.4 is 5.73 Å². The van der Waals surface area contributed by atoms with Gasteiger partial charge in [0.05, 0.1) is 0 Å². The Bertz CT molecular complexity index is 495. The third-order valence-corrected chi connectivity index (χ3v) is 12.0. The van der Waals surface area contributed by atoms with Crippen LogP contribution in [-0.4, -0.2) is 33.5 Å². The number of unbranched alkanes of at least 4 members (excludes halogenated alkanes) is 31. The Hall–Kier alpha value is 0.270. The molecule has 276 valence electrons. The van der Waals surface area contributed by atoms with Crippen LogP contribution in [0.1, 0.15) is 239 Å². The first-order valence-electron chi connectivity index (χ1n) is 20.8. The van der Waals surface area contributed by atoms with Gasteiger partial charge in [0, 0.05) is 0 Å². The smallest absolute Gasteiger partial charge is 0.330 e. The Kier molecular flexibility index (Phi) is 39.1. The van der Waals surface area contributed by atoms with Crippen molar-refractivity contribution in [1.29, 1.82) is 0 Å². The summed E-state index contributed by atoms with van der Waals surface area (Å²) < 4.78 is 0. The fourth-order valence-electron chi connectivity index (χ4n) is 6.30. The molecule has 0 aromatic heterocycles. The van der Waals surface area contributed by atoms with Crippen LogP contribution in [0, 0.1) is 0 Å². The van der Waals surface area contributed by atoms with Gasteiger partial charge in [-0.05, 0) is 13.0 Å². The molecule has 0 saturated carbocycles. The van der Waals surface area contributed by atoms with Gasteiger partial charge in [-0.15, -0.1) is 0 Å². The first-order chi connectivity index (χ1) is 21.8. The zero-order chi connectivity index (χ0) is 33.6. The van der Waals surface area contributed by atoms with E-state index < -0.39 is 7.28 Å². The molecule has 0 bridgehead atoms. The molecule has 0 radical (unpaired) electrons. The van der Waals surface area contributed by atoms with E-state index in [0.29, 0.717) is 0 Å². The molecule has 0 rings (SSSR count). The maximum absolute atomic E-state index is 10.3. The Morgan fingerprint density at radius 3 is 0.667 bits per heavy atom. The molecule has 0 aliphatic heterocycles. The molecule has 45 heavy (non-hydrogen) atoms. The molecule has 4 nitrogen and oxygen atoms in total. The molecule has 5 heteroatoms. The number of rotatable bonds is 36. The summed E-state index contributed by atoms with van der Waals surface area (Å²) >= 11 is 0. The van der Waals surface area contributed by atoms with E-state index in [1.165, 1.54) is 180 Å². The fraction of sp³-hybridized carbons (Fsp3) is 1.00. The normalized spacial score (nSPS) is 12.6. The van der Waals surface area contributed by atoms with Gasteiger partial charge < -0.3 is 5.73 Å². The quantitative estimate of drug-likeness (QED) is 0.0397. The van der Waals surface area contributed by atoms with Gasteiger partial charge >= 0.3 is 176 Å². The van der Waals surface area contributed by atoms with Gasteiger partial charge in [-0.25, -0.2) is 0 Å². The topological polar surface area (TPSA) is 86.7 Å². The van der Waals surface area contributed by atoms with Crippen molar-refractivity contribution in [2.75, 3.05) is 18.9 Å². The summed E-state index contributed by atoms with van der Waals surface area (Å²) in [5, 5.41) is 0. The Morgan fingerprint density at radius 1 is 0.289 bits per heavy atom. The van der Waals surface area contributed by atoms with Crippen LogP contribution in [0.2, 0.25) is 0 Å². The molecule has 0 unspecified atom stereocenters. The third-order valence-electron chi connectivity index (χ3n) is 9.50. The molecule has 0 aromatic carbocycles. The number of hydrogen-bond acceptors (Lipinski definition) is 4. The standard InChI is InChI=1S/C28H61O3P.C12H27N/c1-3-5-7-9-11-13-15-17-19-21-23-25-27-32(29,30,31)28-26-24-22-20-18-16-14-12-10-8-6-4-2;1-2-3-4-5-6-7-8-9-10-11-12-13/h29-31H,3-28H2,1-2H3;2-13H2,1H3. The molecule has 0 heterocycles. The van der Waals surface area contributed by atoms with Crippen molar-refractivity contribution in [3.8, 4) is 0 Å². The molecule has 0 atom stereocenters. The Morgan fingerprint density at radius 2 is 0.467 bits per heavy atom. The average molecular weight is 662 g/mol. The second kappa shape index (κ2) is 37.1. The van der Waals surface area contributed by atoms with Gasteiger partial charge in [0.1, 0.15) is 0 Å². The monoisotopic (exact) mass is 662 g/mol. The number of hydrogen-bond donors (Lipinski definition) is 4. The minimum Gasteiger partial charge on any atom is -0.330 e. The predicted molar refractivity (Wildman–Crippen MR) is 206 cm³/mol. The summed E-state index contributed by atoms with van der Waals surface area (Å²) in [6.07, 6.45) is 44.4. The van der Waals surface area contributed by atoms with Crippen molar-refractivity contribution < 1.29 is 14.7 Å². The summed E-state index contributed by atoms with van der Waals surface area (Å²) in [5.74, 6) is 0. The van der Waals surface area contributed by atoms with Crippen molar-refractivity contribution in [3.05, 3.63) is 0 Å². The summed E-state index contributed by atoms with van der Waals surface area (Å²) in [4.78, 5) is 31.0. The van der Waals surface area contributed by atoms with E-state index in [0.717, 1.165) is 45.1 Å². The van der Waals surface area contributed by atoms with E-state index >= 15 is 0 Å². The molecule has 0 aliphatic carbocycles. The zero-order valence-corrected chi connectivity index (χ0v) is 32.4. The molecule has 5 N–H and O–H groups in total. The van der Waals surface area contributed by atoms with Crippen molar-refractivity contribution in [1.82, 2.24) is 0 Å². The van der Waals surface area contributed by atoms with Gasteiger partial charge in [0.2, 0.25) is 0 Å². The van der Waals surface area contributed by atoms with Gasteiger partial charge in [-0.2, -0.15) is 0 Å². The number of nitrogens with two attached hydrogens (primary N) is 1. The van der Waals surface area contributed by atoms with Gasteiger partial charge in [-0.3, -0.25) is 0 Å². The molecular formula is C40H88NO3P. The first kappa shape index (κ1) is 47.4. The SMILES string of the molecule is CCCCCCCCCCCCCCP(O)(O)(O)CCCCCCCCCCCCCC.CCCCCCCCCCCCN. The van der Waals surface area contributed by atoms with Crippen LogP contribution in [0.4, 0.5) is 0 Å². The summed E-state index contributed by atoms with van der Waals surface area (Å²) in [6.45, 7) is 7.67. The predicted octanol–water partition coefficient (Wildman–Crippen LogP) is 13.5. The molecule has 0 aliphatic rings. The van der Waals surface area contributed by atoms with Crippen LogP contribution in [0.15, 0.2) is 0 Å². The van der Waals surface area contributed by atoms with Crippen LogP contribution in [0.3, 0.4) is 0 Å². The molecule has 0 amide bonds. The van der Waals surface area contributed by atoms with Crippen molar-refractivity contribution in [3.63, 3.8) is 0 Å². The summed E-state index contributed by atoms with van der Waals surface area (Å²) in [5.41, 5.74) is 5.42. The first-order valence-corrected chi connectivity index (χ1v) is 23.2. The van der Waals surface area contributed by atoms with Gasteiger partial charge in [0.25, 0.3) is 0 Å². The molecule has 0 saturated heterocycles. The average Bonchev–Trinajstić information content (AvgIpc) is 3.01. The molecule has 0 fully saturated rings. The second-order valence-corrected chi connectivity index (χ2v) is 18.1. The molecular weight excluding hydrogens is 573 g/mol. The van der Waals surface area contributed by atoms with E-state index in [1.54, 1.807) is 0 Å². The minimum atomic E-state index is -4.37. The zero-order valence-electron chi connectivity index (χ0n) is 31.5. The van der Waals surface area contributed by atoms with Crippen LogP contribution in [0.25, 0.3) is 0 Å². The maximum atomic E-state index is 10.3. The Balaban J connectivity index is 0. The van der Waals surface area contributed by atoms with Crippen molar-refractivity contribution in [2.24, 2.45) is 5.73 Å². The third kappa shape index (κ3) is 44.3. The molecule has 0 aromatic rings. The van der Waals surface area contributed by atoms with Crippen LogP contribution in [0.5, 0.6) is 0 Å². The van der Waals surface area contributed by atoms with E-state index in [9.17, 15) is 14.7 Å². The summed E-state index contributed by atoms with van der Waals surface area (Å²) in [6, 6.07) is 0. The summed E-state index contributed by atoms with van der Waals surface area (Å²) in [7, 11) is -4.37. The minimum absolute atomic E-state index is 0.209. The van der Waals surface area contributed by atoms with E-state index in [1.807, 2.05) is 0 Å². The van der Waals surface area contributed by atoms with E-state index in [-0.39, 0.29) is 12.3 Å².